The van der Waals surface area contributed by atoms with Crippen molar-refractivity contribution in [3.8, 4) is 0 Å². The molecule has 0 radical (unpaired) electrons. The molecule has 1 aliphatic heterocycles. The predicted molar refractivity (Wildman–Crippen MR) is 61.6 cm³/mol. The molecule has 0 saturated carbocycles. The minimum absolute atomic E-state index is 0.103. The van der Waals surface area contributed by atoms with Crippen molar-refractivity contribution in [2.45, 2.75) is 6.92 Å². The van der Waals surface area contributed by atoms with E-state index in [1.54, 1.807) is 12.1 Å². The average Bonchev–Trinajstić information content (AvgIpc) is 2.29. The number of rotatable bonds is 2. The van der Waals surface area contributed by atoms with Crippen molar-refractivity contribution in [2.24, 2.45) is 4.99 Å². The molecule has 2 rings (SSSR count). The van der Waals surface area contributed by atoms with Crippen molar-refractivity contribution in [3.05, 3.63) is 34.4 Å². The van der Waals surface area contributed by atoms with E-state index in [-0.39, 0.29) is 5.69 Å². The highest BCUT2D eigenvalue weighted by Crippen LogP contribution is 2.18. The smallest absolute Gasteiger partial charge is 0.269 e. The van der Waals surface area contributed by atoms with E-state index in [2.05, 4.69) is 10.4 Å². The van der Waals surface area contributed by atoms with Gasteiger partial charge in [0.25, 0.3) is 5.69 Å². The molecule has 1 heterocycles. The van der Waals surface area contributed by atoms with Crippen molar-refractivity contribution in [2.75, 3.05) is 18.1 Å². The van der Waals surface area contributed by atoms with Gasteiger partial charge >= 0.3 is 0 Å². The monoisotopic (exact) mass is 220 g/mol. The largest absolute Gasteiger partial charge is 0.286 e. The van der Waals surface area contributed by atoms with Crippen LogP contribution in [-0.2, 0) is 0 Å². The topological polar surface area (TPSA) is 70.8 Å². The van der Waals surface area contributed by atoms with Gasteiger partial charge in [-0.05, 0) is 19.1 Å². The number of hydrogen-bond acceptors (Lipinski definition) is 5. The van der Waals surface area contributed by atoms with E-state index in [0.29, 0.717) is 0 Å². The third-order valence-corrected chi connectivity index (χ3v) is 2.34. The van der Waals surface area contributed by atoms with E-state index < -0.39 is 4.92 Å². The first-order chi connectivity index (χ1) is 7.66. The molecule has 1 aliphatic rings. The molecular formula is C10H12N4O2. The van der Waals surface area contributed by atoms with Crippen LogP contribution in [0.4, 0.5) is 11.4 Å². The number of nitro benzene ring substituents is 1. The summed E-state index contributed by atoms with van der Waals surface area (Å²) in [6.45, 7) is 3.38. The van der Waals surface area contributed by atoms with Gasteiger partial charge in [-0.25, -0.2) is 0 Å². The van der Waals surface area contributed by atoms with Crippen LogP contribution < -0.4 is 10.4 Å². The number of hydrazine groups is 1. The summed E-state index contributed by atoms with van der Waals surface area (Å²) in [5, 5.41) is 12.4. The van der Waals surface area contributed by atoms with E-state index in [1.165, 1.54) is 12.1 Å². The van der Waals surface area contributed by atoms with Crippen LogP contribution in [0.15, 0.2) is 29.3 Å². The Labute approximate surface area is 92.7 Å². The van der Waals surface area contributed by atoms with E-state index in [9.17, 15) is 10.1 Å². The molecule has 0 fully saturated rings. The van der Waals surface area contributed by atoms with Crippen molar-refractivity contribution in [1.29, 1.82) is 0 Å². The second-order valence-electron chi connectivity index (χ2n) is 3.50. The quantitative estimate of drug-likeness (QED) is 0.603. The van der Waals surface area contributed by atoms with Crippen molar-refractivity contribution in [3.63, 3.8) is 0 Å². The number of nitrogens with one attached hydrogen (secondary N) is 1. The van der Waals surface area contributed by atoms with E-state index >= 15 is 0 Å². The first-order valence-corrected chi connectivity index (χ1v) is 4.96. The lowest BCUT2D eigenvalue weighted by atomic mass is 10.2. The molecule has 84 valence electrons. The number of aliphatic imine (C=N–C) groups is 1. The molecule has 1 aromatic carbocycles. The third-order valence-electron chi connectivity index (χ3n) is 2.34. The lowest BCUT2D eigenvalue weighted by molar-refractivity contribution is -0.384. The first kappa shape index (κ1) is 10.4. The molecule has 0 amide bonds. The summed E-state index contributed by atoms with van der Waals surface area (Å²) in [4.78, 5) is 14.3. The average molecular weight is 220 g/mol. The fourth-order valence-corrected chi connectivity index (χ4v) is 1.55. The van der Waals surface area contributed by atoms with Gasteiger partial charge in [0.2, 0.25) is 0 Å². The standard InChI is InChI=1S/C10H12N4O2/c1-8-11-6-7-13(12-8)9-2-4-10(5-3-9)14(15)16/h2-5H,6-7H2,1H3,(H,11,12). The van der Waals surface area contributed by atoms with Crippen LogP contribution in [0, 0.1) is 10.1 Å². The van der Waals surface area contributed by atoms with Crippen LogP contribution in [0.25, 0.3) is 0 Å². The minimum Gasteiger partial charge on any atom is -0.286 e. The molecule has 0 spiro atoms. The summed E-state index contributed by atoms with van der Waals surface area (Å²) in [6, 6.07) is 6.45. The van der Waals surface area contributed by atoms with Crippen LogP contribution >= 0.6 is 0 Å². The van der Waals surface area contributed by atoms with Crippen molar-refractivity contribution < 1.29 is 4.92 Å². The molecular weight excluding hydrogens is 208 g/mol. The van der Waals surface area contributed by atoms with E-state index in [1.807, 2.05) is 11.9 Å². The molecule has 0 unspecified atom stereocenters. The summed E-state index contributed by atoms with van der Waals surface area (Å²) < 4.78 is 0. The van der Waals surface area contributed by atoms with Crippen LogP contribution in [0.2, 0.25) is 0 Å². The lowest BCUT2D eigenvalue weighted by Gasteiger charge is -2.28. The van der Waals surface area contributed by atoms with Crippen molar-refractivity contribution in [1.82, 2.24) is 5.43 Å². The van der Waals surface area contributed by atoms with Crippen LogP contribution in [0.3, 0.4) is 0 Å². The minimum atomic E-state index is -0.403. The molecule has 0 aromatic heterocycles. The maximum atomic E-state index is 10.5. The zero-order chi connectivity index (χ0) is 11.5. The Bertz CT molecular complexity index is 427. The zero-order valence-electron chi connectivity index (χ0n) is 8.88. The Balaban J connectivity index is 2.16. The maximum Gasteiger partial charge on any atom is 0.269 e. The molecule has 6 nitrogen and oxygen atoms in total. The second-order valence-corrected chi connectivity index (χ2v) is 3.50. The molecule has 0 bridgehead atoms. The van der Waals surface area contributed by atoms with Gasteiger partial charge in [0.1, 0.15) is 5.84 Å². The van der Waals surface area contributed by atoms with Gasteiger partial charge in [-0.3, -0.25) is 25.5 Å². The Morgan fingerprint density at radius 2 is 2.12 bits per heavy atom. The molecule has 0 saturated heterocycles. The van der Waals surface area contributed by atoms with Crippen LogP contribution in [0.1, 0.15) is 6.92 Å². The van der Waals surface area contributed by atoms with Gasteiger partial charge in [-0.15, -0.1) is 0 Å². The van der Waals surface area contributed by atoms with Crippen LogP contribution in [-0.4, -0.2) is 23.8 Å². The highest BCUT2D eigenvalue weighted by Gasteiger charge is 2.12. The molecule has 1 aromatic rings. The van der Waals surface area contributed by atoms with Gasteiger partial charge < -0.3 is 0 Å². The lowest BCUT2D eigenvalue weighted by Crippen LogP contribution is -2.46. The fraction of sp³-hybridized carbons (Fsp3) is 0.300. The number of nitrogens with zero attached hydrogens (tertiary/aromatic N) is 3. The number of anilines is 1. The Hall–Kier alpha value is -2.11. The van der Waals surface area contributed by atoms with E-state index in [4.69, 9.17) is 0 Å². The Morgan fingerprint density at radius 1 is 1.44 bits per heavy atom. The number of hydrogen-bond donors (Lipinski definition) is 1. The van der Waals surface area contributed by atoms with Crippen LogP contribution in [0.5, 0.6) is 0 Å². The number of amidine groups is 1. The molecule has 0 aliphatic carbocycles. The second kappa shape index (κ2) is 4.18. The zero-order valence-corrected chi connectivity index (χ0v) is 8.88. The summed E-state index contributed by atoms with van der Waals surface area (Å²) in [5.74, 6) is 0.851. The first-order valence-electron chi connectivity index (χ1n) is 4.96. The van der Waals surface area contributed by atoms with Gasteiger partial charge in [0, 0.05) is 12.1 Å². The summed E-state index contributed by atoms with van der Waals surface area (Å²) >= 11 is 0. The highest BCUT2D eigenvalue weighted by molar-refractivity contribution is 5.82. The maximum absolute atomic E-state index is 10.5. The Kier molecular flexibility index (Phi) is 2.72. The summed E-state index contributed by atoms with van der Waals surface area (Å²) in [7, 11) is 0. The number of benzene rings is 1. The molecule has 16 heavy (non-hydrogen) atoms. The summed E-state index contributed by atoms with van der Waals surface area (Å²) in [5.41, 5.74) is 4.10. The van der Waals surface area contributed by atoms with Gasteiger partial charge in [0.15, 0.2) is 0 Å². The Morgan fingerprint density at radius 3 is 2.69 bits per heavy atom. The number of non-ortho nitro benzene ring substituents is 1. The van der Waals surface area contributed by atoms with Gasteiger partial charge in [-0.1, -0.05) is 0 Å². The highest BCUT2D eigenvalue weighted by atomic mass is 16.6. The van der Waals surface area contributed by atoms with Gasteiger partial charge in [0.05, 0.1) is 23.7 Å². The molecule has 0 atom stereocenters. The van der Waals surface area contributed by atoms with Gasteiger partial charge in [-0.2, -0.15) is 0 Å². The third kappa shape index (κ3) is 2.10. The fourth-order valence-electron chi connectivity index (χ4n) is 1.55. The molecule has 1 N–H and O–H groups in total. The number of nitro groups is 1. The van der Waals surface area contributed by atoms with Crippen molar-refractivity contribution >= 4 is 17.2 Å². The predicted octanol–water partition coefficient (Wildman–Crippen LogP) is 1.34. The molecule has 6 heteroatoms. The van der Waals surface area contributed by atoms with E-state index in [0.717, 1.165) is 24.6 Å². The SMILES string of the molecule is CC1=NCCN(c2ccc([N+](=O)[O-])cc2)N1. The summed E-state index contributed by atoms with van der Waals surface area (Å²) in [6.07, 6.45) is 0. The normalized spacial score (nSPS) is 15.3.